The number of hydrogen-bond acceptors (Lipinski definition) is 9. The number of carbonyl (C=O) groups is 4. The SMILES string of the molecule is COC(=O)C1=C(C)NC(C)=C(C(=O)OC)C1C(=O)OC(C)C(=O)Nc1ccc(Cl)cn1. The van der Waals surface area contributed by atoms with Gasteiger partial charge in [0.05, 0.1) is 30.4 Å². The number of hydrogen-bond donors (Lipinski definition) is 2. The molecule has 1 atom stereocenters. The Bertz CT molecular complexity index is 931. The summed E-state index contributed by atoms with van der Waals surface area (Å²) in [6, 6.07) is 3.01. The molecule has 1 aliphatic heterocycles. The lowest BCUT2D eigenvalue weighted by atomic mass is 9.85. The van der Waals surface area contributed by atoms with Crippen LogP contribution >= 0.6 is 11.6 Å². The van der Waals surface area contributed by atoms with Crippen LogP contribution in [-0.4, -0.2) is 49.1 Å². The number of amides is 1. The van der Waals surface area contributed by atoms with Gasteiger partial charge in [0.25, 0.3) is 5.91 Å². The van der Waals surface area contributed by atoms with E-state index in [1.54, 1.807) is 13.8 Å². The fourth-order valence-corrected chi connectivity index (χ4v) is 3.08. The van der Waals surface area contributed by atoms with Crippen molar-refractivity contribution in [3.63, 3.8) is 0 Å². The first-order valence-electron chi connectivity index (χ1n) is 9.08. The van der Waals surface area contributed by atoms with Gasteiger partial charge in [0.2, 0.25) is 0 Å². The van der Waals surface area contributed by atoms with E-state index in [9.17, 15) is 19.2 Å². The molecular formula is C20H22ClN3O7. The maximum Gasteiger partial charge on any atom is 0.336 e. The topological polar surface area (TPSA) is 133 Å². The number of nitrogens with zero attached hydrogens (tertiary/aromatic N) is 1. The van der Waals surface area contributed by atoms with Crippen molar-refractivity contribution in [1.29, 1.82) is 0 Å². The first-order valence-corrected chi connectivity index (χ1v) is 9.46. The summed E-state index contributed by atoms with van der Waals surface area (Å²) in [5.74, 6) is -4.56. The van der Waals surface area contributed by atoms with Crippen molar-refractivity contribution in [1.82, 2.24) is 10.3 Å². The molecule has 2 heterocycles. The molecule has 0 aromatic carbocycles. The molecule has 1 unspecified atom stereocenters. The third kappa shape index (κ3) is 5.40. The Balaban J connectivity index is 2.29. The number of esters is 3. The molecule has 0 bridgehead atoms. The first kappa shape index (κ1) is 23.9. The highest BCUT2D eigenvalue weighted by molar-refractivity contribution is 6.30. The van der Waals surface area contributed by atoms with Gasteiger partial charge in [0, 0.05) is 17.6 Å². The van der Waals surface area contributed by atoms with Crippen LogP contribution in [0, 0.1) is 5.92 Å². The number of pyridine rings is 1. The molecular weight excluding hydrogens is 430 g/mol. The molecule has 1 aliphatic rings. The lowest BCUT2D eigenvalue weighted by Crippen LogP contribution is -2.40. The standard InChI is InChI=1S/C20H22ClN3O7/c1-9-14(18(26)29-4)16(15(10(2)23-9)19(27)30-5)20(28)31-11(3)17(25)24-13-7-6-12(21)8-22-13/h6-8,11,16,23H,1-5H3,(H,22,24,25). The highest BCUT2D eigenvalue weighted by Crippen LogP contribution is 2.32. The second-order valence-electron chi connectivity index (χ2n) is 6.55. The van der Waals surface area contributed by atoms with Crippen LogP contribution in [0.4, 0.5) is 5.82 Å². The van der Waals surface area contributed by atoms with Crippen molar-refractivity contribution >= 4 is 41.2 Å². The van der Waals surface area contributed by atoms with Gasteiger partial charge in [-0.15, -0.1) is 0 Å². The van der Waals surface area contributed by atoms with Crippen LogP contribution in [0.25, 0.3) is 0 Å². The van der Waals surface area contributed by atoms with E-state index in [2.05, 4.69) is 15.6 Å². The van der Waals surface area contributed by atoms with Crippen LogP contribution in [0.3, 0.4) is 0 Å². The predicted octanol–water partition coefficient (Wildman–Crippen LogP) is 1.72. The van der Waals surface area contributed by atoms with E-state index in [0.29, 0.717) is 16.4 Å². The summed E-state index contributed by atoms with van der Waals surface area (Å²) in [5.41, 5.74) is 0.374. The van der Waals surface area contributed by atoms with Crippen LogP contribution in [0.15, 0.2) is 40.9 Å². The van der Waals surface area contributed by atoms with E-state index in [1.165, 1.54) is 25.3 Å². The molecule has 0 fully saturated rings. The van der Waals surface area contributed by atoms with E-state index >= 15 is 0 Å². The Kier molecular flexibility index (Phi) is 7.76. The van der Waals surface area contributed by atoms with Gasteiger partial charge in [0.1, 0.15) is 11.7 Å². The highest BCUT2D eigenvalue weighted by atomic mass is 35.5. The van der Waals surface area contributed by atoms with Gasteiger partial charge >= 0.3 is 17.9 Å². The largest absolute Gasteiger partial charge is 0.466 e. The second kappa shape index (κ2) is 10.1. The minimum Gasteiger partial charge on any atom is -0.466 e. The van der Waals surface area contributed by atoms with E-state index < -0.39 is 35.8 Å². The Morgan fingerprint density at radius 3 is 2.06 bits per heavy atom. The molecule has 11 heteroatoms. The quantitative estimate of drug-likeness (QED) is 0.489. The number of aromatic nitrogens is 1. The van der Waals surface area contributed by atoms with Crippen LogP contribution in [0.2, 0.25) is 5.02 Å². The Morgan fingerprint density at radius 2 is 1.61 bits per heavy atom. The average Bonchev–Trinajstić information content (AvgIpc) is 2.73. The van der Waals surface area contributed by atoms with E-state index in [0.717, 1.165) is 14.2 Å². The summed E-state index contributed by atoms with van der Waals surface area (Å²) < 4.78 is 14.8. The smallest absolute Gasteiger partial charge is 0.336 e. The van der Waals surface area contributed by atoms with Gasteiger partial charge in [-0.1, -0.05) is 11.6 Å². The van der Waals surface area contributed by atoms with Gasteiger partial charge in [-0.05, 0) is 32.9 Å². The molecule has 166 valence electrons. The summed E-state index contributed by atoms with van der Waals surface area (Å²) in [6.07, 6.45) is 0.0771. The Hall–Kier alpha value is -3.40. The van der Waals surface area contributed by atoms with Crippen LogP contribution in [-0.2, 0) is 33.4 Å². The first-order chi connectivity index (χ1) is 14.6. The number of dihydropyridines is 1. The maximum absolute atomic E-state index is 13.0. The molecule has 0 aliphatic carbocycles. The molecule has 0 saturated heterocycles. The number of halogens is 1. The lowest BCUT2D eigenvalue weighted by molar-refractivity contribution is -0.157. The molecule has 31 heavy (non-hydrogen) atoms. The van der Waals surface area contributed by atoms with E-state index in [-0.39, 0.29) is 17.0 Å². The predicted molar refractivity (Wildman–Crippen MR) is 109 cm³/mol. The zero-order valence-electron chi connectivity index (χ0n) is 17.6. The van der Waals surface area contributed by atoms with Gasteiger partial charge in [-0.2, -0.15) is 0 Å². The van der Waals surface area contributed by atoms with Crippen LogP contribution in [0.1, 0.15) is 20.8 Å². The number of ether oxygens (including phenoxy) is 3. The van der Waals surface area contributed by atoms with Gasteiger partial charge < -0.3 is 24.8 Å². The van der Waals surface area contributed by atoms with Crippen molar-refractivity contribution in [3.05, 3.63) is 45.9 Å². The summed E-state index contributed by atoms with van der Waals surface area (Å²) in [7, 11) is 2.28. The number of nitrogens with one attached hydrogen (secondary N) is 2. The monoisotopic (exact) mass is 451 g/mol. The fraction of sp³-hybridized carbons (Fsp3) is 0.350. The molecule has 2 rings (SSSR count). The van der Waals surface area contributed by atoms with Crippen molar-refractivity contribution in [2.75, 3.05) is 19.5 Å². The summed E-state index contributed by atoms with van der Waals surface area (Å²) >= 11 is 5.76. The molecule has 0 spiro atoms. The van der Waals surface area contributed by atoms with Crippen molar-refractivity contribution in [2.24, 2.45) is 5.92 Å². The van der Waals surface area contributed by atoms with Crippen LogP contribution < -0.4 is 10.6 Å². The Morgan fingerprint density at radius 1 is 1.06 bits per heavy atom. The molecule has 0 saturated carbocycles. The maximum atomic E-state index is 13.0. The minimum atomic E-state index is -1.44. The fourth-order valence-electron chi connectivity index (χ4n) is 2.96. The van der Waals surface area contributed by atoms with Gasteiger partial charge in [-0.25, -0.2) is 14.6 Å². The van der Waals surface area contributed by atoms with Crippen molar-refractivity contribution < 1.29 is 33.4 Å². The molecule has 0 radical (unpaired) electrons. The average molecular weight is 452 g/mol. The zero-order chi connectivity index (χ0) is 23.3. The lowest BCUT2D eigenvalue weighted by Gasteiger charge is -2.29. The van der Waals surface area contributed by atoms with Gasteiger partial charge in [0.15, 0.2) is 6.10 Å². The van der Waals surface area contributed by atoms with Crippen molar-refractivity contribution in [2.45, 2.75) is 26.9 Å². The third-order valence-electron chi connectivity index (χ3n) is 4.45. The number of carbonyl (C=O) groups excluding carboxylic acids is 4. The summed E-state index contributed by atoms with van der Waals surface area (Å²) in [4.78, 5) is 54.0. The molecule has 1 amide bonds. The number of allylic oxidation sites excluding steroid dienone is 2. The molecule has 10 nitrogen and oxygen atoms in total. The molecule has 1 aromatic rings. The van der Waals surface area contributed by atoms with E-state index in [4.69, 9.17) is 25.8 Å². The summed E-state index contributed by atoms with van der Waals surface area (Å²) in [6.45, 7) is 4.44. The van der Waals surface area contributed by atoms with Gasteiger partial charge in [-0.3, -0.25) is 9.59 Å². The summed E-state index contributed by atoms with van der Waals surface area (Å²) in [5, 5.41) is 5.73. The highest BCUT2D eigenvalue weighted by Gasteiger charge is 2.43. The normalized spacial score (nSPS) is 15.0. The van der Waals surface area contributed by atoms with E-state index in [1.807, 2.05) is 0 Å². The number of rotatable bonds is 6. The third-order valence-corrected chi connectivity index (χ3v) is 4.67. The minimum absolute atomic E-state index is 0.120. The van der Waals surface area contributed by atoms with Crippen molar-refractivity contribution in [3.8, 4) is 0 Å². The Labute approximate surface area is 183 Å². The molecule has 2 N–H and O–H groups in total. The number of anilines is 1. The zero-order valence-corrected chi connectivity index (χ0v) is 18.3. The number of methoxy groups -OCH3 is 2. The molecule has 1 aromatic heterocycles. The second-order valence-corrected chi connectivity index (χ2v) is 6.98. The van der Waals surface area contributed by atoms with Crippen LogP contribution in [0.5, 0.6) is 0 Å².